The molecule has 0 spiro atoms. The summed E-state index contributed by atoms with van der Waals surface area (Å²) in [5, 5.41) is -0.525. The van der Waals surface area contributed by atoms with Crippen molar-refractivity contribution in [2.24, 2.45) is 0 Å². The van der Waals surface area contributed by atoms with Gasteiger partial charge in [-0.1, -0.05) is 30.1 Å². The van der Waals surface area contributed by atoms with Crippen LogP contribution in [0.3, 0.4) is 0 Å². The Hall–Kier alpha value is -1.80. The van der Waals surface area contributed by atoms with E-state index in [1.807, 2.05) is 43.3 Å². The molecule has 23 heavy (non-hydrogen) atoms. The third-order valence-corrected chi connectivity index (χ3v) is 5.57. The van der Waals surface area contributed by atoms with Crippen LogP contribution in [0, 0.1) is 0 Å². The summed E-state index contributed by atoms with van der Waals surface area (Å²) in [5.41, 5.74) is 0.678. The Balaban J connectivity index is 1.90. The first-order valence-electron chi connectivity index (χ1n) is 7.23. The first-order valence-corrected chi connectivity index (χ1v) is 8.52. The van der Waals surface area contributed by atoms with Crippen molar-refractivity contribution in [3.05, 3.63) is 35.9 Å². The number of likely N-dealkylation sites (N-methyl/N-ethyl adjacent to an activating group) is 2. The van der Waals surface area contributed by atoms with E-state index >= 15 is 0 Å². The molecule has 2 amide bonds. The number of allylic oxidation sites excluding steroid dienone is 3. The lowest BCUT2D eigenvalue weighted by Crippen LogP contribution is -2.43. The topological polar surface area (TPSA) is 53.1 Å². The average Bonchev–Trinajstić information content (AvgIpc) is 2.97. The van der Waals surface area contributed by atoms with Gasteiger partial charge in [0.15, 0.2) is 6.23 Å². The minimum Gasteiger partial charge on any atom is -0.461 e. The fourth-order valence-electron chi connectivity index (χ4n) is 2.65. The van der Waals surface area contributed by atoms with Crippen LogP contribution in [0.15, 0.2) is 35.9 Å². The quantitative estimate of drug-likeness (QED) is 0.552. The van der Waals surface area contributed by atoms with E-state index in [0.717, 1.165) is 0 Å². The lowest BCUT2D eigenvalue weighted by Gasteiger charge is -2.22. The molecular formula is C15H17N3O3S2. The van der Waals surface area contributed by atoms with Gasteiger partial charge in [0, 0.05) is 26.8 Å². The zero-order valence-electron chi connectivity index (χ0n) is 13.1. The average molecular weight is 351 g/mol. The Morgan fingerprint density at radius 3 is 2.65 bits per heavy atom. The number of hydrogen-bond donors (Lipinski definition) is 0. The minimum atomic E-state index is -0.648. The molecule has 0 aromatic heterocycles. The van der Waals surface area contributed by atoms with E-state index in [1.165, 1.54) is 16.7 Å². The van der Waals surface area contributed by atoms with Crippen LogP contribution in [0.5, 0.6) is 0 Å². The van der Waals surface area contributed by atoms with Crippen molar-refractivity contribution in [3.8, 4) is 0 Å². The second-order valence-electron chi connectivity index (χ2n) is 5.34. The second kappa shape index (κ2) is 6.01. The summed E-state index contributed by atoms with van der Waals surface area (Å²) in [6.45, 7) is 2.40. The van der Waals surface area contributed by atoms with E-state index in [9.17, 15) is 9.59 Å². The second-order valence-corrected chi connectivity index (χ2v) is 7.11. The number of hydrogen-bond acceptors (Lipinski definition) is 6. The summed E-state index contributed by atoms with van der Waals surface area (Å²) < 4.78 is 6.43. The van der Waals surface area contributed by atoms with Gasteiger partial charge in [-0.05, 0) is 19.1 Å². The number of thioether (sulfide) groups is 1. The molecule has 0 aliphatic carbocycles. The molecule has 2 saturated heterocycles. The molecule has 0 aromatic carbocycles. The summed E-state index contributed by atoms with van der Waals surface area (Å²) in [7, 11) is 3.49. The van der Waals surface area contributed by atoms with Gasteiger partial charge in [-0.25, -0.2) is 0 Å². The maximum absolute atomic E-state index is 12.5. The van der Waals surface area contributed by atoms with Crippen LogP contribution in [0.25, 0.3) is 0 Å². The highest BCUT2D eigenvalue weighted by Crippen LogP contribution is 2.36. The van der Waals surface area contributed by atoms with Gasteiger partial charge in [-0.15, -0.1) is 0 Å². The maximum atomic E-state index is 12.5. The molecule has 0 saturated carbocycles. The van der Waals surface area contributed by atoms with Crippen LogP contribution in [-0.2, 0) is 14.3 Å². The summed E-state index contributed by atoms with van der Waals surface area (Å²) in [6, 6.07) is 0. The van der Waals surface area contributed by atoms with Crippen molar-refractivity contribution in [2.75, 3.05) is 20.6 Å². The Kier molecular flexibility index (Phi) is 4.20. The van der Waals surface area contributed by atoms with Crippen LogP contribution in [-0.4, -0.2) is 63.0 Å². The molecule has 122 valence electrons. The molecule has 0 N–H and O–H groups in total. The zero-order chi connectivity index (χ0) is 16.7. The predicted molar refractivity (Wildman–Crippen MR) is 92.1 cm³/mol. The first kappa shape index (κ1) is 16.1. The van der Waals surface area contributed by atoms with E-state index in [4.69, 9.17) is 17.0 Å². The van der Waals surface area contributed by atoms with E-state index < -0.39 is 11.5 Å². The lowest BCUT2D eigenvalue weighted by molar-refractivity contribution is -0.130. The van der Waals surface area contributed by atoms with Gasteiger partial charge in [-0.3, -0.25) is 14.5 Å². The van der Waals surface area contributed by atoms with Crippen LogP contribution in [0.1, 0.15) is 6.92 Å². The van der Waals surface area contributed by atoms with E-state index in [2.05, 4.69) is 0 Å². The van der Waals surface area contributed by atoms with Gasteiger partial charge in [0.25, 0.3) is 5.91 Å². The van der Waals surface area contributed by atoms with Crippen molar-refractivity contribution < 1.29 is 14.3 Å². The van der Waals surface area contributed by atoms with Crippen molar-refractivity contribution in [1.29, 1.82) is 0 Å². The van der Waals surface area contributed by atoms with Gasteiger partial charge < -0.3 is 14.5 Å². The summed E-state index contributed by atoms with van der Waals surface area (Å²) >= 11 is 6.52. The smallest absolute Gasteiger partial charge is 0.293 e. The van der Waals surface area contributed by atoms with E-state index in [-0.39, 0.29) is 17.6 Å². The maximum Gasteiger partial charge on any atom is 0.293 e. The van der Waals surface area contributed by atoms with Crippen molar-refractivity contribution in [1.82, 2.24) is 14.7 Å². The normalized spacial score (nSPS) is 30.7. The van der Waals surface area contributed by atoms with Crippen LogP contribution >= 0.6 is 24.0 Å². The number of rotatable bonds is 2. The fourth-order valence-corrected chi connectivity index (χ4v) is 4.33. The van der Waals surface area contributed by atoms with E-state index in [0.29, 0.717) is 16.6 Å². The van der Waals surface area contributed by atoms with E-state index in [1.54, 1.807) is 11.9 Å². The van der Waals surface area contributed by atoms with Gasteiger partial charge >= 0.3 is 0 Å². The van der Waals surface area contributed by atoms with Crippen LogP contribution in [0.4, 0.5) is 0 Å². The molecule has 2 atom stereocenters. The molecule has 2 unspecified atom stereocenters. The van der Waals surface area contributed by atoms with Gasteiger partial charge in [0.05, 0.1) is 5.70 Å². The van der Waals surface area contributed by atoms with Crippen LogP contribution in [0.2, 0.25) is 0 Å². The molecule has 2 fully saturated rings. The number of amides is 2. The Morgan fingerprint density at radius 2 is 2.04 bits per heavy atom. The van der Waals surface area contributed by atoms with Gasteiger partial charge in [0.2, 0.25) is 11.7 Å². The van der Waals surface area contributed by atoms with Crippen LogP contribution < -0.4 is 0 Å². The minimum absolute atomic E-state index is 0.106. The molecule has 6 nitrogen and oxygen atoms in total. The van der Waals surface area contributed by atoms with Crippen molar-refractivity contribution in [3.63, 3.8) is 0 Å². The Bertz CT molecular complexity index is 671. The molecule has 8 heteroatoms. The molecule has 0 aromatic rings. The molecule has 0 radical (unpaired) electrons. The first-order chi connectivity index (χ1) is 11.0. The third kappa shape index (κ3) is 2.55. The molecule has 3 aliphatic rings. The largest absolute Gasteiger partial charge is 0.461 e. The highest BCUT2D eigenvalue weighted by atomic mass is 32.2. The molecule has 0 bridgehead atoms. The fraction of sp³-hybridized carbons (Fsp3) is 0.400. The molecule has 3 aliphatic heterocycles. The number of carbonyl (C=O) groups is 2. The number of ether oxygens (including phenoxy) is 1. The SMILES string of the molecule is CCN1C(=O)C(C2O/C(=C3\C=CC=CN3C)C(=O)N2C)SC1=S. The standard InChI is InChI=1S/C15H17N3O3S2/c1-4-18-13(20)11(23-15(18)22)14-17(3)12(19)10(21-14)9-7-5-6-8-16(9)2/h5-8,11,14H,4H2,1-3H3/b10-9+. The summed E-state index contributed by atoms with van der Waals surface area (Å²) in [6.07, 6.45) is 6.73. The highest BCUT2D eigenvalue weighted by molar-refractivity contribution is 8.24. The van der Waals surface area contributed by atoms with Crippen molar-refractivity contribution in [2.45, 2.75) is 18.4 Å². The predicted octanol–water partition coefficient (Wildman–Crippen LogP) is 1.28. The Morgan fingerprint density at radius 1 is 1.30 bits per heavy atom. The van der Waals surface area contributed by atoms with Gasteiger partial charge in [0.1, 0.15) is 9.57 Å². The summed E-state index contributed by atoms with van der Waals surface area (Å²) in [4.78, 5) is 29.9. The molecule has 3 rings (SSSR count). The molecular weight excluding hydrogens is 334 g/mol. The zero-order valence-corrected chi connectivity index (χ0v) is 14.7. The Labute approximate surface area is 144 Å². The third-order valence-electron chi connectivity index (χ3n) is 3.96. The number of carbonyl (C=O) groups excluding carboxylic acids is 2. The lowest BCUT2D eigenvalue weighted by atomic mass is 10.2. The summed E-state index contributed by atoms with van der Waals surface area (Å²) in [5.74, 6) is -0.0771. The monoisotopic (exact) mass is 351 g/mol. The van der Waals surface area contributed by atoms with Gasteiger partial charge in [-0.2, -0.15) is 0 Å². The number of nitrogens with zero attached hydrogens (tertiary/aromatic N) is 3. The highest BCUT2D eigenvalue weighted by Gasteiger charge is 2.49. The van der Waals surface area contributed by atoms with Crippen molar-refractivity contribution >= 4 is 40.1 Å². The number of thiocarbonyl (C=S) groups is 1. The molecule has 3 heterocycles.